The second-order valence-corrected chi connectivity index (χ2v) is 3.89. The molecule has 1 rings (SSSR count). The number of hydrogen-bond donors (Lipinski definition) is 2. The summed E-state index contributed by atoms with van der Waals surface area (Å²) in [5, 5.41) is 11.4. The summed E-state index contributed by atoms with van der Waals surface area (Å²) in [6, 6.07) is 4.51. The maximum atomic E-state index is 11.7. The quantitative estimate of drug-likeness (QED) is 0.821. The van der Waals surface area contributed by atoms with E-state index in [1.807, 2.05) is 13.8 Å². The minimum absolute atomic E-state index is 0.0778. The molecule has 1 atom stereocenters. The van der Waals surface area contributed by atoms with Gasteiger partial charge in [-0.2, -0.15) is 0 Å². The Morgan fingerprint density at radius 1 is 1.47 bits per heavy atom. The third kappa shape index (κ3) is 3.86. The monoisotopic (exact) mass is 236 g/mol. The van der Waals surface area contributed by atoms with Crippen molar-refractivity contribution in [3.63, 3.8) is 0 Å². The fraction of sp³-hybridized carbons (Fsp3) is 0.417. The molecule has 2 N–H and O–H groups in total. The molecule has 1 aromatic rings. The van der Waals surface area contributed by atoms with Gasteiger partial charge in [-0.1, -0.05) is 26.3 Å². The maximum absolute atomic E-state index is 11.7. The summed E-state index contributed by atoms with van der Waals surface area (Å²) >= 11 is 0. The van der Waals surface area contributed by atoms with Gasteiger partial charge in [0.25, 0.3) is 0 Å². The zero-order valence-corrected chi connectivity index (χ0v) is 9.93. The van der Waals surface area contributed by atoms with Crippen molar-refractivity contribution < 1.29 is 14.7 Å². The molecule has 1 heterocycles. The number of aromatic carboxylic acids is 1. The highest BCUT2D eigenvalue weighted by molar-refractivity contribution is 5.92. The number of nitrogens with one attached hydrogen (secondary N) is 1. The van der Waals surface area contributed by atoms with Gasteiger partial charge in [0, 0.05) is 5.92 Å². The van der Waals surface area contributed by atoms with Crippen molar-refractivity contribution in [2.75, 3.05) is 5.32 Å². The molecule has 0 aliphatic heterocycles. The number of pyridine rings is 1. The maximum Gasteiger partial charge on any atom is 0.354 e. The third-order valence-electron chi connectivity index (χ3n) is 2.39. The average molecular weight is 236 g/mol. The van der Waals surface area contributed by atoms with Crippen molar-refractivity contribution in [2.24, 2.45) is 5.92 Å². The molecule has 0 saturated carbocycles. The number of aromatic nitrogens is 1. The van der Waals surface area contributed by atoms with E-state index in [1.54, 1.807) is 12.1 Å². The van der Waals surface area contributed by atoms with Gasteiger partial charge in [0.05, 0.1) is 0 Å². The van der Waals surface area contributed by atoms with Gasteiger partial charge in [-0.3, -0.25) is 4.79 Å². The molecular formula is C12H16N2O3. The van der Waals surface area contributed by atoms with Crippen molar-refractivity contribution in [1.29, 1.82) is 0 Å². The number of hydrogen-bond acceptors (Lipinski definition) is 3. The van der Waals surface area contributed by atoms with Crippen LogP contribution in [0.15, 0.2) is 18.2 Å². The summed E-state index contributed by atoms with van der Waals surface area (Å²) in [5.41, 5.74) is -0.0778. The first-order chi connectivity index (χ1) is 8.04. The van der Waals surface area contributed by atoms with Crippen LogP contribution in [-0.2, 0) is 4.79 Å². The van der Waals surface area contributed by atoms with Crippen molar-refractivity contribution in [3.05, 3.63) is 23.9 Å². The lowest BCUT2D eigenvalue weighted by atomic mass is 10.1. The number of amides is 1. The average Bonchev–Trinajstić information content (AvgIpc) is 2.29. The molecule has 92 valence electrons. The van der Waals surface area contributed by atoms with E-state index in [9.17, 15) is 9.59 Å². The van der Waals surface area contributed by atoms with Gasteiger partial charge in [0.1, 0.15) is 5.82 Å². The van der Waals surface area contributed by atoms with Crippen LogP contribution in [0.4, 0.5) is 5.82 Å². The van der Waals surface area contributed by atoms with E-state index < -0.39 is 5.97 Å². The van der Waals surface area contributed by atoms with Crippen LogP contribution in [0.1, 0.15) is 37.2 Å². The molecule has 17 heavy (non-hydrogen) atoms. The lowest BCUT2D eigenvalue weighted by molar-refractivity contribution is -0.119. The van der Waals surface area contributed by atoms with Crippen molar-refractivity contribution in [2.45, 2.75) is 26.7 Å². The van der Waals surface area contributed by atoms with Crippen molar-refractivity contribution >= 4 is 17.7 Å². The third-order valence-corrected chi connectivity index (χ3v) is 2.39. The molecule has 1 unspecified atom stereocenters. The van der Waals surface area contributed by atoms with Crippen LogP contribution in [0.2, 0.25) is 0 Å². The summed E-state index contributed by atoms with van der Waals surface area (Å²) in [4.78, 5) is 26.2. The number of carbonyl (C=O) groups excluding carboxylic acids is 1. The second-order valence-electron chi connectivity index (χ2n) is 3.89. The Balaban J connectivity index is 2.71. The van der Waals surface area contributed by atoms with Crippen LogP contribution >= 0.6 is 0 Å². The van der Waals surface area contributed by atoms with Crippen molar-refractivity contribution in [3.8, 4) is 0 Å². The van der Waals surface area contributed by atoms with Crippen LogP contribution < -0.4 is 5.32 Å². The molecule has 0 radical (unpaired) electrons. The lowest BCUT2D eigenvalue weighted by Crippen LogP contribution is -2.21. The predicted octanol–water partition coefficient (Wildman–Crippen LogP) is 2.15. The molecular weight excluding hydrogens is 220 g/mol. The molecule has 0 aliphatic rings. The molecule has 0 spiro atoms. The Morgan fingerprint density at radius 3 is 2.76 bits per heavy atom. The predicted molar refractivity (Wildman–Crippen MR) is 63.9 cm³/mol. The minimum atomic E-state index is -1.11. The van der Waals surface area contributed by atoms with Gasteiger partial charge in [0.2, 0.25) is 5.91 Å². The highest BCUT2D eigenvalue weighted by Crippen LogP contribution is 2.10. The second kappa shape index (κ2) is 5.98. The summed E-state index contributed by atoms with van der Waals surface area (Å²) < 4.78 is 0. The number of nitrogens with zero attached hydrogens (tertiary/aromatic N) is 1. The van der Waals surface area contributed by atoms with Crippen LogP contribution in [0.25, 0.3) is 0 Å². The molecule has 0 bridgehead atoms. The van der Waals surface area contributed by atoms with Crippen LogP contribution in [0.3, 0.4) is 0 Å². The summed E-state index contributed by atoms with van der Waals surface area (Å²) in [7, 11) is 0. The Labute approximate surface area is 99.9 Å². The van der Waals surface area contributed by atoms with E-state index in [0.717, 1.165) is 12.8 Å². The standard InChI is InChI=1S/C12H16N2O3/c1-3-5-8(2)11(15)14-10-7-4-6-9(13-10)12(16)17/h4,6-8H,3,5H2,1-2H3,(H,16,17)(H,13,14,15). The normalized spacial score (nSPS) is 11.9. The van der Waals surface area contributed by atoms with Crippen LogP contribution in [0.5, 0.6) is 0 Å². The summed E-state index contributed by atoms with van der Waals surface area (Å²) in [5.74, 6) is -1.07. The first kappa shape index (κ1) is 13.2. The minimum Gasteiger partial charge on any atom is -0.477 e. The van der Waals surface area contributed by atoms with E-state index in [-0.39, 0.29) is 23.3 Å². The Bertz CT molecular complexity index is 418. The molecule has 0 fully saturated rings. The van der Waals surface area contributed by atoms with Crippen LogP contribution in [-0.4, -0.2) is 22.0 Å². The fourth-order valence-electron chi connectivity index (χ4n) is 1.44. The van der Waals surface area contributed by atoms with E-state index in [2.05, 4.69) is 10.3 Å². The Kier molecular flexibility index (Phi) is 4.63. The van der Waals surface area contributed by atoms with Crippen LogP contribution in [0, 0.1) is 5.92 Å². The molecule has 0 aliphatic carbocycles. The van der Waals surface area contributed by atoms with Gasteiger partial charge < -0.3 is 10.4 Å². The number of carbonyl (C=O) groups is 2. The topological polar surface area (TPSA) is 79.3 Å². The van der Waals surface area contributed by atoms with Gasteiger partial charge in [-0.15, -0.1) is 0 Å². The van der Waals surface area contributed by atoms with Gasteiger partial charge in [0.15, 0.2) is 5.69 Å². The highest BCUT2D eigenvalue weighted by atomic mass is 16.4. The molecule has 5 heteroatoms. The number of carboxylic acids is 1. The fourth-order valence-corrected chi connectivity index (χ4v) is 1.44. The van der Waals surface area contributed by atoms with Gasteiger partial charge in [-0.05, 0) is 18.6 Å². The summed E-state index contributed by atoms with van der Waals surface area (Å²) in [6.45, 7) is 3.84. The Morgan fingerprint density at radius 2 is 2.18 bits per heavy atom. The molecule has 0 saturated heterocycles. The molecule has 5 nitrogen and oxygen atoms in total. The Hall–Kier alpha value is -1.91. The molecule has 0 aromatic carbocycles. The molecule has 1 aromatic heterocycles. The van der Waals surface area contributed by atoms with Gasteiger partial charge in [-0.25, -0.2) is 9.78 Å². The lowest BCUT2D eigenvalue weighted by Gasteiger charge is -2.10. The SMILES string of the molecule is CCCC(C)C(=O)Nc1cccc(C(=O)O)n1. The number of rotatable bonds is 5. The number of carboxylic acid groups (broad SMARTS) is 1. The highest BCUT2D eigenvalue weighted by Gasteiger charge is 2.13. The summed E-state index contributed by atoms with van der Waals surface area (Å²) in [6.07, 6.45) is 1.72. The number of anilines is 1. The van der Waals surface area contributed by atoms with Gasteiger partial charge >= 0.3 is 5.97 Å². The molecule has 1 amide bonds. The van der Waals surface area contributed by atoms with E-state index in [0.29, 0.717) is 0 Å². The zero-order chi connectivity index (χ0) is 12.8. The smallest absolute Gasteiger partial charge is 0.354 e. The van der Waals surface area contributed by atoms with E-state index in [4.69, 9.17) is 5.11 Å². The van der Waals surface area contributed by atoms with E-state index in [1.165, 1.54) is 6.07 Å². The van der Waals surface area contributed by atoms with Crippen molar-refractivity contribution in [1.82, 2.24) is 4.98 Å². The first-order valence-corrected chi connectivity index (χ1v) is 5.55. The largest absolute Gasteiger partial charge is 0.477 e. The first-order valence-electron chi connectivity index (χ1n) is 5.55. The zero-order valence-electron chi connectivity index (χ0n) is 9.93. The van der Waals surface area contributed by atoms with E-state index >= 15 is 0 Å².